The summed E-state index contributed by atoms with van der Waals surface area (Å²) in [7, 11) is 1.84. The van der Waals surface area contributed by atoms with Crippen LogP contribution in [0.3, 0.4) is 0 Å². The molecule has 2 heterocycles. The van der Waals surface area contributed by atoms with Gasteiger partial charge in [-0.15, -0.1) is 0 Å². The van der Waals surface area contributed by atoms with Crippen LogP contribution in [0.15, 0.2) is 36.8 Å². The number of aryl methyl sites for hydroxylation is 1. The number of hydrogen-bond acceptors (Lipinski definition) is 3. The second-order valence-corrected chi connectivity index (χ2v) is 6.49. The van der Waals surface area contributed by atoms with Gasteiger partial charge in [-0.2, -0.15) is 0 Å². The summed E-state index contributed by atoms with van der Waals surface area (Å²) < 4.78 is 1.76. The highest BCUT2D eigenvalue weighted by atomic mass is 16.2. The number of carbonyl (C=O) groups excluding carboxylic acids is 2. The Hall–Kier alpha value is -2.63. The van der Waals surface area contributed by atoms with Crippen LogP contribution in [-0.4, -0.2) is 34.5 Å². The van der Waals surface area contributed by atoms with Gasteiger partial charge >= 0.3 is 0 Å². The molecule has 6 heteroatoms. The maximum absolute atomic E-state index is 12.9. The minimum atomic E-state index is -0.122. The van der Waals surface area contributed by atoms with Crippen LogP contribution in [0.4, 0.5) is 11.4 Å². The number of para-hydroxylation sites is 2. The second kappa shape index (κ2) is 5.78. The van der Waals surface area contributed by atoms with Crippen molar-refractivity contribution in [2.24, 2.45) is 13.0 Å². The molecule has 2 amide bonds. The Bertz CT molecular complexity index is 794. The zero-order valence-electron chi connectivity index (χ0n) is 13.7. The lowest BCUT2D eigenvalue weighted by Crippen LogP contribution is -2.32. The average molecular weight is 324 g/mol. The molecule has 124 valence electrons. The summed E-state index contributed by atoms with van der Waals surface area (Å²) in [6, 6.07) is 7.66. The van der Waals surface area contributed by atoms with Gasteiger partial charge in [0.1, 0.15) is 5.69 Å². The first-order chi connectivity index (χ1) is 11.6. The molecule has 4 rings (SSSR count). The standard InChI is InChI=1S/C18H20N4O2/c1-20-11-14(19-12-20)18(24)22-10-4-9-21(17(23)13-7-8-13)15-5-2-3-6-16(15)22/h2-3,5-6,11-13H,4,7-10H2,1H3. The van der Waals surface area contributed by atoms with Crippen LogP contribution in [0.1, 0.15) is 29.8 Å². The number of amides is 2. The molecule has 1 saturated carbocycles. The van der Waals surface area contributed by atoms with E-state index in [4.69, 9.17) is 0 Å². The van der Waals surface area contributed by atoms with Crippen LogP contribution in [-0.2, 0) is 11.8 Å². The molecule has 1 fully saturated rings. The van der Waals surface area contributed by atoms with Crippen LogP contribution in [0, 0.1) is 5.92 Å². The van der Waals surface area contributed by atoms with Gasteiger partial charge in [0, 0.05) is 32.3 Å². The number of aromatic nitrogens is 2. The van der Waals surface area contributed by atoms with E-state index in [-0.39, 0.29) is 17.7 Å². The van der Waals surface area contributed by atoms with Crippen molar-refractivity contribution in [2.45, 2.75) is 19.3 Å². The Balaban J connectivity index is 1.71. The van der Waals surface area contributed by atoms with Gasteiger partial charge in [-0.25, -0.2) is 4.98 Å². The molecular formula is C18H20N4O2. The number of benzene rings is 1. The Morgan fingerprint density at radius 1 is 1.08 bits per heavy atom. The quantitative estimate of drug-likeness (QED) is 0.851. The number of imidazole rings is 1. The summed E-state index contributed by atoms with van der Waals surface area (Å²) >= 11 is 0. The molecule has 0 radical (unpaired) electrons. The Kier molecular flexibility index (Phi) is 3.59. The molecule has 0 N–H and O–H groups in total. The first-order valence-corrected chi connectivity index (χ1v) is 8.35. The van der Waals surface area contributed by atoms with E-state index in [1.54, 1.807) is 22.0 Å². The number of hydrogen-bond donors (Lipinski definition) is 0. The molecule has 2 aromatic rings. The monoisotopic (exact) mass is 324 g/mol. The third-order valence-corrected chi connectivity index (χ3v) is 4.59. The summed E-state index contributed by atoms with van der Waals surface area (Å²) in [6.45, 7) is 1.24. The highest BCUT2D eigenvalue weighted by Gasteiger charge is 2.36. The Morgan fingerprint density at radius 3 is 2.38 bits per heavy atom. The minimum absolute atomic E-state index is 0.122. The van der Waals surface area contributed by atoms with Crippen LogP contribution < -0.4 is 9.80 Å². The van der Waals surface area contributed by atoms with Gasteiger partial charge in [0.25, 0.3) is 5.91 Å². The summed E-state index contributed by atoms with van der Waals surface area (Å²) in [5, 5.41) is 0. The van der Waals surface area contributed by atoms with Crippen molar-refractivity contribution >= 4 is 23.2 Å². The topological polar surface area (TPSA) is 58.4 Å². The summed E-state index contributed by atoms with van der Waals surface area (Å²) in [6.07, 6.45) is 6.07. The number of fused-ring (bicyclic) bond motifs is 1. The van der Waals surface area contributed by atoms with Gasteiger partial charge < -0.3 is 14.4 Å². The smallest absolute Gasteiger partial charge is 0.278 e. The highest BCUT2D eigenvalue weighted by molar-refractivity contribution is 6.09. The van der Waals surface area contributed by atoms with Gasteiger partial charge in [0.2, 0.25) is 5.91 Å². The van der Waals surface area contributed by atoms with E-state index in [0.717, 1.165) is 30.6 Å². The molecule has 24 heavy (non-hydrogen) atoms. The van der Waals surface area contributed by atoms with E-state index in [1.807, 2.05) is 36.2 Å². The predicted octanol–water partition coefficient (Wildman–Crippen LogP) is 2.21. The van der Waals surface area contributed by atoms with Gasteiger partial charge in [-0.1, -0.05) is 12.1 Å². The van der Waals surface area contributed by atoms with E-state index < -0.39 is 0 Å². The molecule has 0 spiro atoms. The van der Waals surface area contributed by atoms with Crippen molar-refractivity contribution in [2.75, 3.05) is 22.9 Å². The zero-order valence-corrected chi connectivity index (χ0v) is 13.7. The SMILES string of the molecule is Cn1cnc(C(=O)N2CCCN(C(=O)C3CC3)c3ccccc32)c1. The van der Waals surface area contributed by atoms with E-state index in [0.29, 0.717) is 18.8 Å². The molecule has 1 aliphatic carbocycles. The Labute approximate surface area is 140 Å². The zero-order chi connectivity index (χ0) is 16.7. The molecule has 0 saturated heterocycles. The van der Waals surface area contributed by atoms with E-state index in [1.165, 1.54) is 0 Å². The van der Waals surface area contributed by atoms with Crippen LogP contribution in [0.25, 0.3) is 0 Å². The van der Waals surface area contributed by atoms with Crippen molar-refractivity contribution < 1.29 is 9.59 Å². The van der Waals surface area contributed by atoms with Gasteiger partial charge in [-0.05, 0) is 31.4 Å². The molecule has 6 nitrogen and oxygen atoms in total. The van der Waals surface area contributed by atoms with Gasteiger partial charge in [-0.3, -0.25) is 9.59 Å². The molecule has 1 aromatic heterocycles. The average Bonchev–Trinajstić information content (AvgIpc) is 3.38. The number of anilines is 2. The van der Waals surface area contributed by atoms with E-state index in [9.17, 15) is 9.59 Å². The number of rotatable bonds is 2. The minimum Gasteiger partial charge on any atom is -0.340 e. The lowest BCUT2D eigenvalue weighted by molar-refractivity contribution is -0.119. The van der Waals surface area contributed by atoms with Crippen LogP contribution in [0.2, 0.25) is 0 Å². The molecule has 0 atom stereocenters. The lowest BCUT2D eigenvalue weighted by atomic mass is 10.2. The Morgan fingerprint density at radius 2 is 1.75 bits per heavy atom. The summed E-state index contributed by atoms with van der Waals surface area (Å²) in [5.41, 5.74) is 2.05. The fourth-order valence-corrected chi connectivity index (χ4v) is 3.20. The third kappa shape index (κ3) is 2.58. The third-order valence-electron chi connectivity index (χ3n) is 4.59. The fraction of sp³-hybridized carbons (Fsp3) is 0.389. The first-order valence-electron chi connectivity index (χ1n) is 8.35. The molecule has 1 aliphatic heterocycles. The highest BCUT2D eigenvalue weighted by Crippen LogP contribution is 2.38. The maximum atomic E-state index is 12.9. The fourth-order valence-electron chi connectivity index (χ4n) is 3.20. The van der Waals surface area contributed by atoms with E-state index >= 15 is 0 Å². The summed E-state index contributed by atoms with van der Waals surface area (Å²) in [5.74, 6) is 0.231. The largest absolute Gasteiger partial charge is 0.340 e. The van der Waals surface area contributed by atoms with Crippen molar-refractivity contribution in [1.29, 1.82) is 0 Å². The summed E-state index contributed by atoms with van der Waals surface area (Å²) in [4.78, 5) is 33.3. The number of carbonyl (C=O) groups is 2. The van der Waals surface area contributed by atoms with Crippen LogP contribution in [0.5, 0.6) is 0 Å². The van der Waals surface area contributed by atoms with E-state index in [2.05, 4.69) is 4.98 Å². The molecule has 1 aromatic carbocycles. The van der Waals surface area contributed by atoms with Crippen LogP contribution >= 0.6 is 0 Å². The molecule has 0 unspecified atom stereocenters. The van der Waals surface area contributed by atoms with Gasteiger partial charge in [0.05, 0.1) is 17.7 Å². The number of nitrogens with zero attached hydrogens (tertiary/aromatic N) is 4. The molecule has 2 aliphatic rings. The molecular weight excluding hydrogens is 304 g/mol. The van der Waals surface area contributed by atoms with Crippen molar-refractivity contribution in [3.63, 3.8) is 0 Å². The van der Waals surface area contributed by atoms with Crippen molar-refractivity contribution in [1.82, 2.24) is 9.55 Å². The maximum Gasteiger partial charge on any atom is 0.278 e. The second-order valence-electron chi connectivity index (χ2n) is 6.49. The van der Waals surface area contributed by atoms with Crippen molar-refractivity contribution in [3.05, 3.63) is 42.5 Å². The lowest BCUT2D eigenvalue weighted by Gasteiger charge is -2.25. The predicted molar refractivity (Wildman–Crippen MR) is 91.0 cm³/mol. The van der Waals surface area contributed by atoms with Gasteiger partial charge in [0.15, 0.2) is 0 Å². The van der Waals surface area contributed by atoms with Crippen molar-refractivity contribution in [3.8, 4) is 0 Å². The molecule has 0 bridgehead atoms. The first kappa shape index (κ1) is 14.9. The normalized spacial score (nSPS) is 17.4.